The van der Waals surface area contributed by atoms with Crippen LogP contribution in [0.3, 0.4) is 0 Å². The van der Waals surface area contributed by atoms with Crippen molar-refractivity contribution in [2.24, 2.45) is 0 Å². The topological polar surface area (TPSA) is 66.8 Å². The van der Waals surface area contributed by atoms with Crippen LogP contribution in [0, 0.1) is 13.8 Å². The standard InChI is InChI=1S/C26H26N6/c1-18-19(2)30-26(22-8-5-12-27-16-22)31-25(18)29-15-20-9-10-24(28-14-20)32-13-11-21-6-3-4-7-23(21)17-32/h3-10,12,14,16H,11,13,15,17H2,1-2H3,(H,29,30,31). The summed E-state index contributed by atoms with van der Waals surface area (Å²) in [5, 5.41) is 3.47. The predicted molar refractivity (Wildman–Crippen MR) is 127 cm³/mol. The molecule has 0 saturated heterocycles. The minimum atomic E-state index is 0.653. The molecule has 5 rings (SSSR count). The van der Waals surface area contributed by atoms with Gasteiger partial charge < -0.3 is 10.2 Å². The van der Waals surface area contributed by atoms with Gasteiger partial charge in [-0.05, 0) is 55.2 Å². The Morgan fingerprint density at radius 2 is 1.81 bits per heavy atom. The number of rotatable bonds is 5. The fraction of sp³-hybridized carbons (Fsp3) is 0.231. The first kappa shape index (κ1) is 20.1. The summed E-state index contributed by atoms with van der Waals surface area (Å²) >= 11 is 0. The van der Waals surface area contributed by atoms with E-state index in [0.29, 0.717) is 12.4 Å². The second kappa shape index (κ2) is 8.75. The van der Waals surface area contributed by atoms with E-state index in [1.165, 1.54) is 11.1 Å². The van der Waals surface area contributed by atoms with Crippen molar-refractivity contribution in [3.05, 3.63) is 95.1 Å². The van der Waals surface area contributed by atoms with Gasteiger partial charge in [-0.3, -0.25) is 4.98 Å². The van der Waals surface area contributed by atoms with E-state index in [-0.39, 0.29) is 0 Å². The molecule has 0 bridgehead atoms. The Hall–Kier alpha value is -3.80. The Morgan fingerprint density at radius 3 is 2.59 bits per heavy atom. The molecular formula is C26H26N6. The molecule has 0 unspecified atom stereocenters. The fourth-order valence-electron chi connectivity index (χ4n) is 4.01. The van der Waals surface area contributed by atoms with Gasteiger partial charge in [-0.25, -0.2) is 15.0 Å². The summed E-state index contributed by atoms with van der Waals surface area (Å²) in [4.78, 5) is 20.6. The second-order valence-corrected chi connectivity index (χ2v) is 8.17. The maximum Gasteiger partial charge on any atom is 0.163 e. The van der Waals surface area contributed by atoms with Gasteiger partial charge in [0.25, 0.3) is 0 Å². The molecular weight excluding hydrogens is 396 g/mol. The lowest BCUT2D eigenvalue weighted by atomic mass is 10.00. The third-order valence-corrected chi connectivity index (χ3v) is 6.03. The molecule has 3 aromatic heterocycles. The van der Waals surface area contributed by atoms with E-state index >= 15 is 0 Å². The van der Waals surface area contributed by atoms with Crippen LogP contribution < -0.4 is 10.2 Å². The monoisotopic (exact) mass is 422 g/mol. The number of pyridine rings is 2. The van der Waals surface area contributed by atoms with Gasteiger partial charge in [0, 0.05) is 55.0 Å². The summed E-state index contributed by atoms with van der Waals surface area (Å²) in [6, 6.07) is 16.8. The molecule has 0 radical (unpaired) electrons. The summed E-state index contributed by atoms with van der Waals surface area (Å²) in [5.74, 6) is 2.55. The van der Waals surface area contributed by atoms with Gasteiger partial charge in [0.2, 0.25) is 0 Å². The average molecular weight is 423 g/mol. The highest BCUT2D eigenvalue weighted by Crippen LogP contribution is 2.24. The minimum Gasteiger partial charge on any atom is -0.366 e. The Labute approximate surface area is 188 Å². The van der Waals surface area contributed by atoms with E-state index in [4.69, 9.17) is 9.97 Å². The molecule has 1 aromatic carbocycles. The van der Waals surface area contributed by atoms with Crippen molar-refractivity contribution >= 4 is 11.6 Å². The SMILES string of the molecule is Cc1nc(-c2cccnc2)nc(NCc2ccc(N3CCc4ccccc4C3)nc2)c1C. The van der Waals surface area contributed by atoms with Gasteiger partial charge in [-0.1, -0.05) is 30.3 Å². The molecule has 0 aliphatic carbocycles. The zero-order valence-electron chi connectivity index (χ0n) is 18.4. The van der Waals surface area contributed by atoms with Crippen LogP contribution in [0.5, 0.6) is 0 Å². The lowest BCUT2D eigenvalue weighted by Gasteiger charge is -2.29. The molecule has 1 N–H and O–H groups in total. The minimum absolute atomic E-state index is 0.653. The van der Waals surface area contributed by atoms with E-state index in [0.717, 1.165) is 53.5 Å². The molecule has 0 saturated carbocycles. The fourth-order valence-corrected chi connectivity index (χ4v) is 4.01. The first-order valence-electron chi connectivity index (χ1n) is 10.9. The number of aromatic nitrogens is 4. The Bertz CT molecular complexity index is 1220. The normalized spacial score (nSPS) is 13.0. The molecule has 0 spiro atoms. The molecule has 0 amide bonds. The van der Waals surface area contributed by atoms with Crippen molar-refractivity contribution in [1.29, 1.82) is 0 Å². The first-order valence-corrected chi connectivity index (χ1v) is 10.9. The number of aryl methyl sites for hydroxylation is 1. The van der Waals surface area contributed by atoms with Crippen molar-refractivity contribution < 1.29 is 0 Å². The van der Waals surface area contributed by atoms with Crippen LogP contribution in [0.25, 0.3) is 11.4 Å². The van der Waals surface area contributed by atoms with Crippen molar-refractivity contribution in [2.45, 2.75) is 33.4 Å². The zero-order chi connectivity index (χ0) is 21.9. The zero-order valence-corrected chi connectivity index (χ0v) is 18.4. The number of benzene rings is 1. The van der Waals surface area contributed by atoms with Crippen LogP contribution >= 0.6 is 0 Å². The molecule has 1 aliphatic rings. The molecule has 4 heterocycles. The predicted octanol–water partition coefficient (Wildman–Crippen LogP) is 4.73. The van der Waals surface area contributed by atoms with E-state index in [1.807, 2.05) is 32.2 Å². The van der Waals surface area contributed by atoms with Gasteiger partial charge >= 0.3 is 0 Å². The van der Waals surface area contributed by atoms with Gasteiger partial charge in [-0.15, -0.1) is 0 Å². The van der Waals surface area contributed by atoms with Gasteiger partial charge in [0.1, 0.15) is 11.6 Å². The van der Waals surface area contributed by atoms with Crippen LogP contribution in [0.15, 0.2) is 67.1 Å². The van der Waals surface area contributed by atoms with Crippen LogP contribution in [-0.2, 0) is 19.5 Å². The maximum atomic E-state index is 4.74. The van der Waals surface area contributed by atoms with Crippen LogP contribution in [0.4, 0.5) is 11.6 Å². The molecule has 6 heteroatoms. The Kier molecular flexibility index (Phi) is 5.50. The van der Waals surface area contributed by atoms with Gasteiger partial charge in [0.05, 0.1) is 0 Å². The van der Waals surface area contributed by atoms with E-state index < -0.39 is 0 Å². The number of hydrogen-bond acceptors (Lipinski definition) is 6. The van der Waals surface area contributed by atoms with Crippen LogP contribution in [0.2, 0.25) is 0 Å². The van der Waals surface area contributed by atoms with Crippen LogP contribution in [-0.4, -0.2) is 26.5 Å². The third kappa shape index (κ3) is 4.17. The average Bonchev–Trinajstić information content (AvgIpc) is 2.85. The van der Waals surface area contributed by atoms with Gasteiger partial charge in [-0.2, -0.15) is 0 Å². The van der Waals surface area contributed by atoms with E-state index in [1.54, 1.807) is 12.4 Å². The molecule has 160 valence electrons. The molecule has 0 atom stereocenters. The van der Waals surface area contributed by atoms with Crippen LogP contribution in [0.1, 0.15) is 27.9 Å². The van der Waals surface area contributed by atoms with Crippen molar-refractivity contribution in [3.63, 3.8) is 0 Å². The van der Waals surface area contributed by atoms with Crippen molar-refractivity contribution in [1.82, 2.24) is 19.9 Å². The quantitative estimate of drug-likeness (QED) is 0.502. The number of anilines is 2. The lowest BCUT2D eigenvalue weighted by Crippen LogP contribution is -2.30. The van der Waals surface area contributed by atoms with Crippen molar-refractivity contribution in [3.8, 4) is 11.4 Å². The highest BCUT2D eigenvalue weighted by molar-refractivity contribution is 5.58. The Balaban J connectivity index is 1.28. The summed E-state index contributed by atoms with van der Waals surface area (Å²) in [6.45, 7) is 6.62. The summed E-state index contributed by atoms with van der Waals surface area (Å²) < 4.78 is 0. The largest absolute Gasteiger partial charge is 0.366 e. The summed E-state index contributed by atoms with van der Waals surface area (Å²) in [6.07, 6.45) is 6.56. The molecule has 32 heavy (non-hydrogen) atoms. The number of fused-ring (bicyclic) bond motifs is 1. The molecule has 4 aromatic rings. The summed E-state index contributed by atoms with van der Waals surface area (Å²) in [5.41, 5.74) is 6.88. The van der Waals surface area contributed by atoms with Crippen molar-refractivity contribution in [2.75, 3.05) is 16.8 Å². The summed E-state index contributed by atoms with van der Waals surface area (Å²) in [7, 11) is 0. The first-order chi connectivity index (χ1) is 15.7. The number of nitrogens with one attached hydrogen (secondary N) is 1. The molecule has 0 fully saturated rings. The molecule has 1 aliphatic heterocycles. The third-order valence-electron chi connectivity index (χ3n) is 6.03. The van der Waals surface area contributed by atoms with E-state index in [2.05, 4.69) is 56.6 Å². The lowest BCUT2D eigenvalue weighted by molar-refractivity contribution is 0.720. The Morgan fingerprint density at radius 1 is 0.938 bits per heavy atom. The highest BCUT2D eigenvalue weighted by atomic mass is 15.2. The van der Waals surface area contributed by atoms with E-state index in [9.17, 15) is 0 Å². The van der Waals surface area contributed by atoms with Gasteiger partial charge in [0.15, 0.2) is 5.82 Å². The molecule has 6 nitrogen and oxygen atoms in total. The highest BCUT2D eigenvalue weighted by Gasteiger charge is 2.17. The maximum absolute atomic E-state index is 4.74. The number of hydrogen-bond donors (Lipinski definition) is 1. The smallest absolute Gasteiger partial charge is 0.163 e. The second-order valence-electron chi connectivity index (χ2n) is 8.17. The number of nitrogens with zero attached hydrogens (tertiary/aromatic N) is 5.